The molecule has 1 nitrogen and oxygen atoms in total. The predicted molar refractivity (Wildman–Crippen MR) is 71.8 cm³/mol. The Bertz CT molecular complexity index is 275. The lowest BCUT2D eigenvalue weighted by atomic mass is 9.84. The third-order valence-corrected chi connectivity index (χ3v) is 4.64. The molecule has 16 heavy (non-hydrogen) atoms. The lowest BCUT2D eigenvalue weighted by Gasteiger charge is -2.24. The zero-order valence-electron chi connectivity index (χ0n) is 10.0. The maximum Gasteiger partial charge on any atom is 0.00458 e. The minimum absolute atomic E-state index is 0.421. The van der Waals surface area contributed by atoms with E-state index < -0.39 is 0 Å². The molecule has 1 aliphatic carbocycles. The van der Waals surface area contributed by atoms with Crippen molar-refractivity contribution in [3.05, 3.63) is 22.4 Å². The highest BCUT2D eigenvalue weighted by Crippen LogP contribution is 2.27. The number of aryl methyl sites for hydroxylation is 1. The van der Waals surface area contributed by atoms with Crippen LogP contribution < -0.4 is 5.73 Å². The minimum atomic E-state index is 0.421. The Morgan fingerprint density at radius 3 is 2.81 bits per heavy atom. The van der Waals surface area contributed by atoms with Crippen molar-refractivity contribution in [1.82, 2.24) is 0 Å². The highest BCUT2D eigenvalue weighted by molar-refractivity contribution is 7.09. The molecule has 2 heteroatoms. The van der Waals surface area contributed by atoms with Gasteiger partial charge in [-0.25, -0.2) is 0 Å². The van der Waals surface area contributed by atoms with Crippen molar-refractivity contribution < 1.29 is 0 Å². The van der Waals surface area contributed by atoms with E-state index in [1.165, 1.54) is 49.8 Å². The van der Waals surface area contributed by atoms with E-state index in [4.69, 9.17) is 5.73 Å². The molecule has 1 aromatic rings. The third-order valence-electron chi connectivity index (χ3n) is 3.70. The van der Waals surface area contributed by atoms with Crippen molar-refractivity contribution in [2.24, 2.45) is 11.7 Å². The molecule has 2 rings (SSSR count). The standard InChI is InChI=1S/C14H23NS/c15-13(8-9-14-7-4-10-16-14)11-12-5-2-1-3-6-12/h4,7,10,12-13H,1-3,5-6,8-9,11,15H2. The van der Waals surface area contributed by atoms with Crippen LogP contribution >= 0.6 is 11.3 Å². The van der Waals surface area contributed by atoms with Crippen molar-refractivity contribution in [3.8, 4) is 0 Å². The van der Waals surface area contributed by atoms with Crippen LogP contribution in [0.5, 0.6) is 0 Å². The van der Waals surface area contributed by atoms with Gasteiger partial charge < -0.3 is 5.73 Å². The van der Waals surface area contributed by atoms with Crippen LogP contribution in [0.4, 0.5) is 0 Å². The van der Waals surface area contributed by atoms with E-state index in [1.807, 2.05) is 11.3 Å². The smallest absolute Gasteiger partial charge is 0.00458 e. The largest absolute Gasteiger partial charge is 0.328 e. The Balaban J connectivity index is 1.65. The molecule has 0 aromatic carbocycles. The van der Waals surface area contributed by atoms with Crippen LogP contribution in [0.2, 0.25) is 0 Å². The van der Waals surface area contributed by atoms with E-state index in [9.17, 15) is 0 Å². The van der Waals surface area contributed by atoms with Gasteiger partial charge in [0.05, 0.1) is 0 Å². The number of hydrogen-bond acceptors (Lipinski definition) is 2. The van der Waals surface area contributed by atoms with Crippen LogP contribution in [0.25, 0.3) is 0 Å². The molecule has 1 saturated carbocycles. The van der Waals surface area contributed by atoms with Crippen LogP contribution in [0.3, 0.4) is 0 Å². The molecule has 0 saturated heterocycles. The fourth-order valence-electron chi connectivity index (χ4n) is 2.75. The highest BCUT2D eigenvalue weighted by atomic mass is 32.1. The van der Waals surface area contributed by atoms with Crippen LogP contribution in [-0.2, 0) is 6.42 Å². The Labute approximate surface area is 103 Å². The molecule has 0 bridgehead atoms. The van der Waals surface area contributed by atoms with Gasteiger partial charge in [0.1, 0.15) is 0 Å². The molecule has 2 N–H and O–H groups in total. The molecule has 1 atom stereocenters. The van der Waals surface area contributed by atoms with Gasteiger partial charge >= 0.3 is 0 Å². The SMILES string of the molecule is NC(CCc1cccs1)CC1CCCCC1. The first kappa shape index (κ1) is 12.1. The van der Waals surface area contributed by atoms with Crippen molar-refractivity contribution >= 4 is 11.3 Å². The molecule has 0 amide bonds. The van der Waals surface area contributed by atoms with E-state index in [2.05, 4.69) is 17.5 Å². The van der Waals surface area contributed by atoms with E-state index in [0.717, 1.165) is 12.3 Å². The average Bonchev–Trinajstić information content (AvgIpc) is 2.81. The van der Waals surface area contributed by atoms with Gasteiger partial charge in [-0.15, -0.1) is 11.3 Å². The third kappa shape index (κ3) is 3.91. The van der Waals surface area contributed by atoms with Crippen LogP contribution in [-0.4, -0.2) is 6.04 Å². The van der Waals surface area contributed by atoms with Crippen molar-refractivity contribution in [2.45, 2.75) is 57.4 Å². The van der Waals surface area contributed by atoms with Gasteiger partial charge in [0, 0.05) is 10.9 Å². The second kappa shape index (κ2) is 6.41. The van der Waals surface area contributed by atoms with Crippen molar-refractivity contribution in [2.75, 3.05) is 0 Å². The molecule has 0 aliphatic heterocycles. The summed E-state index contributed by atoms with van der Waals surface area (Å²) in [5.74, 6) is 0.923. The van der Waals surface area contributed by atoms with Gasteiger partial charge in [-0.1, -0.05) is 38.2 Å². The quantitative estimate of drug-likeness (QED) is 0.823. The zero-order chi connectivity index (χ0) is 11.2. The Morgan fingerprint density at radius 1 is 1.31 bits per heavy atom. The summed E-state index contributed by atoms with van der Waals surface area (Å²) >= 11 is 1.86. The summed E-state index contributed by atoms with van der Waals surface area (Å²) in [5.41, 5.74) is 6.23. The summed E-state index contributed by atoms with van der Waals surface area (Å²) in [4.78, 5) is 1.49. The molecular formula is C14H23NS. The van der Waals surface area contributed by atoms with Crippen LogP contribution in [0, 0.1) is 5.92 Å². The normalized spacial score (nSPS) is 19.8. The summed E-state index contributed by atoms with van der Waals surface area (Å²) in [6.07, 6.45) is 10.7. The first-order valence-electron chi connectivity index (χ1n) is 6.62. The van der Waals surface area contributed by atoms with Crippen molar-refractivity contribution in [1.29, 1.82) is 0 Å². The molecule has 0 spiro atoms. The van der Waals surface area contributed by atoms with Gasteiger partial charge in [-0.05, 0) is 36.6 Å². The van der Waals surface area contributed by atoms with Crippen LogP contribution in [0.1, 0.15) is 49.8 Å². The number of hydrogen-bond donors (Lipinski definition) is 1. The van der Waals surface area contributed by atoms with E-state index in [0.29, 0.717) is 6.04 Å². The molecule has 0 radical (unpaired) electrons. The fourth-order valence-corrected chi connectivity index (χ4v) is 3.48. The molecule has 1 heterocycles. The lowest BCUT2D eigenvalue weighted by Crippen LogP contribution is -2.25. The van der Waals surface area contributed by atoms with Gasteiger partial charge in [-0.2, -0.15) is 0 Å². The maximum atomic E-state index is 6.23. The second-order valence-electron chi connectivity index (χ2n) is 5.12. The summed E-state index contributed by atoms with van der Waals surface area (Å²) in [6, 6.07) is 4.77. The van der Waals surface area contributed by atoms with E-state index >= 15 is 0 Å². The number of rotatable bonds is 5. The molecule has 90 valence electrons. The zero-order valence-corrected chi connectivity index (χ0v) is 10.8. The second-order valence-corrected chi connectivity index (χ2v) is 6.15. The van der Waals surface area contributed by atoms with Gasteiger partial charge in [0.25, 0.3) is 0 Å². The molecule has 1 aliphatic rings. The van der Waals surface area contributed by atoms with Gasteiger partial charge in [0.2, 0.25) is 0 Å². The molecular weight excluding hydrogens is 214 g/mol. The van der Waals surface area contributed by atoms with Crippen LogP contribution in [0.15, 0.2) is 17.5 Å². The monoisotopic (exact) mass is 237 g/mol. The molecule has 1 aromatic heterocycles. The topological polar surface area (TPSA) is 26.0 Å². The van der Waals surface area contributed by atoms with Gasteiger partial charge in [0.15, 0.2) is 0 Å². The average molecular weight is 237 g/mol. The fraction of sp³-hybridized carbons (Fsp3) is 0.714. The lowest BCUT2D eigenvalue weighted by molar-refractivity contribution is 0.313. The van der Waals surface area contributed by atoms with Gasteiger partial charge in [-0.3, -0.25) is 0 Å². The highest BCUT2D eigenvalue weighted by Gasteiger charge is 2.16. The summed E-state index contributed by atoms with van der Waals surface area (Å²) in [7, 11) is 0. The van der Waals surface area contributed by atoms with E-state index in [-0.39, 0.29) is 0 Å². The maximum absolute atomic E-state index is 6.23. The Morgan fingerprint density at radius 2 is 2.12 bits per heavy atom. The van der Waals surface area contributed by atoms with Crippen molar-refractivity contribution in [3.63, 3.8) is 0 Å². The Kier molecular flexibility index (Phi) is 4.86. The summed E-state index contributed by atoms with van der Waals surface area (Å²) in [6.45, 7) is 0. The minimum Gasteiger partial charge on any atom is -0.328 e. The first-order chi connectivity index (χ1) is 7.84. The summed E-state index contributed by atoms with van der Waals surface area (Å²) in [5, 5.41) is 2.15. The predicted octanol–water partition coefficient (Wildman–Crippen LogP) is 3.98. The molecule has 1 unspecified atom stereocenters. The number of nitrogens with two attached hydrogens (primary N) is 1. The summed E-state index contributed by atoms with van der Waals surface area (Å²) < 4.78 is 0. The molecule has 1 fully saturated rings. The first-order valence-corrected chi connectivity index (χ1v) is 7.50. The number of thiophene rings is 1. The van der Waals surface area contributed by atoms with E-state index in [1.54, 1.807) is 0 Å². The Hall–Kier alpha value is -0.340.